The number of fused-ring (bicyclic) bond motifs is 1. The third-order valence-electron chi connectivity index (χ3n) is 3.42. The minimum absolute atomic E-state index is 0.307. The normalized spacial score (nSPS) is 13.8. The number of aromatic nitrogens is 2. The number of rotatable bonds is 3. The molecule has 1 amide bonds. The van der Waals surface area contributed by atoms with Crippen LogP contribution in [-0.2, 0) is 18.4 Å². The SMILES string of the molecule is COc1ccc2c(c1)N(Cc1cncn1C)C(=O)C2=O. The summed E-state index contributed by atoms with van der Waals surface area (Å²) in [5.41, 5.74) is 1.85. The number of anilines is 1. The summed E-state index contributed by atoms with van der Waals surface area (Å²) in [6.07, 6.45) is 3.33. The van der Waals surface area contributed by atoms with Gasteiger partial charge >= 0.3 is 0 Å². The van der Waals surface area contributed by atoms with E-state index in [1.54, 1.807) is 37.8 Å². The Balaban J connectivity index is 2.03. The molecule has 0 fully saturated rings. The molecule has 1 aromatic carbocycles. The molecule has 0 spiro atoms. The summed E-state index contributed by atoms with van der Waals surface area (Å²) in [7, 11) is 3.39. The molecule has 0 bridgehead atoms. The first kappa shape index (κ1) is 12.4. The number of methoxy groups -OCH3 is 1. The van der Waals surface area contributed by atoms with Crippen LogP contribution in [0.4, 0.5) is 5.69 Å². The number of carbonyl (C=O) groups is 2. The lowest BCUT2D eigenvalue weighted by Crippen LogP contribution is -2.29. The quantitative estimate of drug-likeness (QED) is 0.786. The number of nitrogens with zero attached hydrogens (tertiary/aromatic N) is 3. The Labute approximate surface area is 115 Å². The number of imidazole rings is 1. The molecule has 2 heterocycles. The summed E-state index contributed by atoms with van der Waals surface area (Å²) in [5, 5.41) is 0. The molecular weight excluding hydrogens is 258 g/mol. The minimum Gasteiger partial charge on any atom is -0.497 e. The summed E-state index contributed by atoms with van der Waals surface area (Å²) in [6, 6.07) is 5.00. The molecule has 1 aromatic heterocycles. The predicted octanol–water partition coefficient (Wildman–Crippen LogP) is 1.16. The van der Waals surface area contributed by atoms with Gasteiger partial charge in [-0.25, -0.2) is 4.98 Å². The number of hydrogen-bond donors (Lipinski definition) is 0. The van der Waals surface area contributed by atoms with Crippen molar-refractivity contribution in [2.75, 3.05) is 12.0 Å². The monoisotopic (exact) mass is 271 g/mol. The van der Waals surface area contributed by atoms with Gasteiger partial charge in [-0.3, -0.25) is 14.5 Å². The van der Waals surface area contributed by atoms with Crippen molar-refractivity contribution in [1.82, 2.24) is 9.55 Å². The molecule has 0 radical (unpaired) electrons. The van der Waals surface area contributed by atoms with E-state index < -0.39 is 11.7 Å². The van der Waals surface area contributed by atoms with E-state index in [-0.39, 0.29) is 0 Å². The highest BCUT2D eigenvalue weighted by Gasteiger charge is 2.36. The first-order valence-corrected chi connectivity index (χ1v) is 6.11. The molecule has 0 N–H and O–H groups in total. The fourth-order valence-corrected chi connectivity index (χ4v) is 2.26. The average Bonchev–Trinajstić information content (AvgIpc) is 2.96. The maximum absolute atomic E-state index is 12.1. The van der Waals surface area contributed by atoms with Gasteiger partial charge in [-0.1, -0.05) is 0 Å². The van der Waals surface area contributed by atoms with Crippen LogP contribution in [0.1, 0.15) is 16.1 Å². The van der Waals surface area contributed by atoms with E-state index in [9.17, 15) is 9.59 Å². The fourth-order valence-electron chi connectivity index (χ4n) is 2.26. The second kappa shape index (κ2) is 4.48. The van der Waals surface area contributed by atoms with E-state index in [1.165, 1.54) is 4.90 Å². The van der Waals surface area contributed by atoms with E-state index in [2.05, 4.69) is 4.98 Å². The minimum atomic E-state index is -0.519. The summed E-state index contributed by atoms with van der Waals surface area (Å²) in [5.74, 6) is -0.388. The van der Waals surface area contributed by atoms with Crippen molar-refractivity contribution < 1.29 is 14.3 Å². The number of aryl methyl sites for hydroxylation is 1. The number of ether oxygens (including phenoxy) is 1. The maximum atomic E-state index is 12.1. The summed E-state index contributed by atoms with van der Waals surface area (Å²) in [4.78, 5) is 29.5. The predicted molar refractivity (Wildman–Crippen MR) is 71.7 cm³/mol. The number of benzene rings is 1. The Morgan fingerprint density at radius 3 is 2.75 bits per heavy atom. The van der Waals surface area contributed by atoms with Crippen LogP contribution in [0.3, 0.4) is 0 Å². The third-order valence-corrected chi connectivity index (χ3v) is 3.42. The molecule has 0 atom stereocenters. The first-order valence-electron chi connectivity index (χ1n) is 6.11. The van der Waals surface area contributed by atoms with Gasteiger partial charge in [0.2, 0.25) is 0 Å². The molecule has 0 aliphatic carbocycles. The summed E-state index contributed by atoms with van der Waals surface area (Å²) in [6.45, 7) is 0.307. The van der Waals surface area contributed by atoms with Crippen LogP contribution in [0.25, 0.3) is 0 Å². The van der Waals surface area contributed by atoms with Gasteiger partial charge in [0, 0.05) is 19.3 Å². The second-order valence-corrected chi connectivity index (χ2v) is 4.60. The van der Waals surface area contributed by atoms with Gasteiger partial charge in [0.25, 0.3) is 11.7 Å². The second-order valence-electron chi connectivity index (χ2n) is 4.60. The highest BCUT2D eigenvalue weighted by Crippen LogP contribution is 2.33. The number of ketones is 1. The Morgan fingerprint density at radius 1 is 1.30 bits per heavy atom. The van der Waals surface area contributed by atoms with Crippen molar-refractivity contribution in [3.05, 3.63) is 42.0 Å². The highest BCUT2D eigenvalue weighted by atomic mass is 16.5. The average molecular weight is 271 g/mol. The van der Waals surface area contributed by atoms with Crippen LogP contribution in [0.5, 0.6) is 5.75 Å². The van der Waals surface area contributed by atoms with E-state index in [4.69, 9.17) is 4.74 Å². The molecule has 0 saturated heterocycles. The van der Waals surface area contributed by atoms with Crippen molar-refractivity contribution in [3.63, 3.8) is 0 Å². The zero-order chi connectivity index (χ0) is 14.3. The molecule has 1 aliphatic rings. The largest absolute Gasteiger partial charge is 0.497 e. The summed E-state index contributed by atoms with van der Waals surface area (Å²) < 4.78 is 6.97. The Bertz CT molecular complexity index is 705. The number of amides is 1. The van der Waals surface area contributed by atoms with Crippen LogP contribution in [0.2, 0.25) is 0 Å². The zero-order valence-corrected chi connectivity index (χ0v) is 11.2. The number of Topliss-reactive ketones (excluding diaryl/α,β-unsaturated/α-hetero) is 1. The molecule has 6 heteroatoms. The lowest BCUT2D eigenvalue weighted by Gasteiger charge is -2.17. The van der Waals surface area contributed by atoms with Crippen LogP contribution in [0.15, 0.2) is 30.7 Å². The van der Waals surface area contributed by atoms with Crippen LogP contribution >= 0.6 is 0 Å². The fraction of sp³-hybridized carbons (Fsp3) is 0.214. The van der Waals surface area contributed by atoms with Gasteiger partial charge < -0.3 is 9.30 Å². The van der Waals surface area contributed by atoms with Gasteiger partial charge in [-0.15, -0.1) is 0 Å². The molecule has 2 aromatic rings. The van der Waals surface area contributed by atoms with Crippen molar-refractivity contribution in [1.29, 1.82) is 0 Å². The standard InChI is InChI=1S/C14H13N3O3/c1-16-8-15-6-9(16)7-17-12-5-10(20-2)3-4-11(12)13(18)14(17)19/h3-6,8H,7H2,1-2H3. The van der Waals surface area contributed by atoms with Crippen LogP contribution in [0, 0.1) is 0 Å². The van der Waals surface area contributed by atoms with E-state index >= 15 is 0 Å². The number of carbonyl (C=O) groups excluding carboxylic acids is 2. The third kappa shape index (κ3) is 1.77. The van der Waals surface area contributed by atoms with Crippen molar-refractivity contribution in [3.8, 4) is 5.75 Å². The topological polar surface area (TPSA) is 64.4 Å². The van der Waals surface area contributed by atoms with Crippen molar-refractivity contribution in [2.24, 2.45) is 7.05 Å². The molecular formula is C14H13N3O3. The summed E-state index contributed by atoms with van der Waals surface area (Å²) >= 11 is 0. The van der Waals surface area contributed by atoms with Gasteiger partial charge in [0.1, 0.15) is 5.75 Å². The Morgan fingerprint density at radius 2 is 2.10 bits per heavy atom. The first-order chi connectivity index (χ1) is 9.61. The van der Waals surface area contributed by atoms with Crippen molar-refractivity contribution in [2.45, 2.75) is 6.54 Å². The maximum Gasteiger partial charge on any atom is 0.299 e. The number of hydrogen-bond acceptors (Lipinski definition) is 4. The Kier molecular flexibility index (Phi) is 2.78. The van der Waals surface area contributed by atoms with Gasteiger partial charge in [-0.05, 0) is 12.1 Å². The molecule has 3 rings (SSSR count). The lowest BCUT2D eigenvalue weighted by molar-refractivity contribution is -0.114. The van der Waals surface area contributed by atoms with E-state index in [0.29, 0.717) is 23.5 Å². The molecule has 6 nitrogen and oxygen atoms in total. The zero-order valence-electron chi connectivity index (χ0n) is 11.2. The highest BCUT2D eigenvalue weighted by molar-refractivity contribution is 6.52. The van der Waals surface area contributed by atoms with Crippen LogP contribution < -0.4 is 9.64 Å². The lowest BCUT2D eigenvalue weighted by atomic mass is 10.1. The smallest absolute Gasteiger partial charge is 0.299 e. The van der Waals surface area contributed by atoms with E-state index in [1.807, 2.05) is 11.6 Å². The van der Waals surface area contributed by atoms with Crippen LogP contribution in [-0.4, -0.2) is 28.4 Å². The Hall–Kier alpha value is -2.63. The van der Waals surface area contributed by atoms with E-state index in [0.717, 1.165) is 5.69 Å². The van der Waals surface area contributed by atoms with Gasteiger partial charge in [0.05, 0.1) is 36.9 Å². The molecule has 1 aliphatic heterocycles. The molecule has 0 unspecified atom stereocenters. The van der Waals surface area contributed by atoms with Gasteiger partial charge in [0.15, 0.2) is 0 Å². The van der Waals surface area contributed by atoms with Crippen molar-refractivity contribution >= 4 is 17.4 Å². The molecule has 0 saturated carbocycles. The molecule has 102 valence electrons. The molecule has 20 heavy (non-hydrogen) atoms. The van der Waals surface area contributed by atoms with Gasteiger partial charge in [-0.2, -0.15) is 0 Å².